The van der Waals surface area contributed by atoms with Crippen molar-refractivity contribution in [1.82, 2.24) is 10.5 Å². The summed E-state index contributed by atoms with van der Waals surface area (Å²) < 4.78 is 5.11. The molecule has 104 valence electrons. The molecule has 5 heteroatoms. The highest BCUT2D eigenvalue weighted by Crippen LogP contribution is 2.20. The fourth-order valence-electron chi connectivity index (χ4n) is 2.33. The number of benzene rings is 1. The highest BCUT2D eigenvalue weighted by molar-refractivity contribution is 6.04. The summed E-state index contributed by atoms with van der Waals surface area (Å²) in [7, 11) is 0. The van der Waals surface area contributed by atoms with Gasteiger partial charge >= 0.3 is 0 Å². The third-order valence-electron chi connectivity index (χ3n) is 3.74. The first-order chi connectivity index (χ1) is 9.65. The molecule has 0 fully saturated rings. The normalized spacial score (nSPS) is 13.9. The molecular weight excluding hydrogens is 254 g/mol. The van der Waals surface area contributed by atoms with E-state index in [0.29, 0.717) is 11.4 Å². The molecule has 20 heavy (non-hydrogen) atoms. The molecule has 0 aliphatic carbocycles. The summed E-state index contributed by atoms with van der Waals surface area (Å²) in [5, 5.41) is 9.91. The number of nitrogens with zero attached hydrogens (tertiary/aromatic N) is 1. The van der Waals surface area contributed by atoms with Gasteiger partial charge in [-0.1, -0.05) is 11.2 Å². The number of amides is 1. The van der Waals surface area contributed by atoms with Gasteiger partial charge < -0.3 is 9.84 Å². The van der Waals surface area contributed by atoms with Crippen molar-refractivity contribution >= 4 is 11.8 Å². The lowest BCUT2D eigenvalue weighted by molar-refractivity contribution is 0.102. The molecule has 5 nitrogen and oxygen atoms in total. The molecule has 2 aromatic rings. The zero-order valence-corrected chi connectivity index (χ0v) is 11.6. The Kier molecular flexibility index (Phi) is 3.28. The molecule has 1 aromatic carbocycles. The van der Waals surface area contributed by atoms with E-state index in [1.807, 2.05) is 32.0 Å². The molecule has 0 radical (unpaired) electrons. The summed E-state index contributed by atoms with van der Waals surface area (Å²) in [4.78, 5) is 12.2. The van der Waals surface area contributed by atoms with E-state index < -0.39 is 0 Å². The van der Waals surface area contributed by atoms with E-state index in [4.69, 9.17) is 4.52 Å². The van der Waals surface area contributed by atoms with Gasteiger partial charge in [0.05, 0.1) is 5.69 Å². The summed E-state index contributed by atoms with van der Waals surface area (Å²) in [6.45, 7) is 5.53. The molecule has 0 atom stereocenters. The predicted molar refractivity (Wildman–Crippen MR) is 75.8 cm³/mol. The van der Waals surface area contributed by atoms with E-state index in [2.05, 4.69) is 15.8 Å². The fraction of sp³-hybridized carbons (Fsp3) is 0.333. The van der Waals surface area contributed by atoms with Gasteiger partial charge in [0.1, 0.15) is 0 Å². The summed E-state index contributed by atoms with van der Waals surface area (Å²) >= 11 is 0. The van der Waals surface area contributed by atoms with Crippen molar-refractivity contribution in [3.8, 4) is 0 Å². The van der Waals surface area contributed by atoms with Gasteiger partial charge in [-0.25, -0.2) is 0 Å². The van der Waals surface area contributed by atoms with Gasteiger partial charge in [0, 0.05) is 17.7 Å². The first-order valence-corrected chi connectivity index (χ1v) is 6.72. The van der Waals surface area contributed by atoms with Crippen LogP contribution in [0.5, 0.6) is 0 Å². The topological polar surface area (TPSA) is 67.2 Å². The van der Waals surface area contributed by atoms with Crippen LogP contribution < -0.4 is 10.6 Å². The first-order valence-electron chi connectivity index (χ1n) is 6.72. The molecule has 0 saturated carbocycles. The predicted octanol–water partition coefficient (Wildman–Crippen LogP) is 2.19. The number of aromatic nitrogens is 1. The number of aryl methyl sites for hydroxylation is 1. The van der Waals surface area contributed by atoms with Crippen LogP contribution in [-0.4, -0.2) is 17.6 Å². The molecule has 0 unspecified atom stereocenters. The summed E-state index contributed by atoms with van der Waals surface area (Å²) in [6, 6.07) is 5.83. The molecule has 1 amide bonds. The SMILES string of the molecule is Cc1noc(NC(=O)c2ccc3c(c2)CNCC3)c1C. The van der Waals surface area contributed by atoms with E-state index in [1.165, 1.54) is 11.1 Å². The largest absolute Gasteiger partial charge is 0.338 e. The molecule has 1 aliphatic rings. The molecular formula is C15H17N3O2. The average molecular weight is 271 g/mol. The second-order valence-electron chi connectivity index (χ2n) is 5.09. The van der Waals surface area contributed by atoms with Crippen molar-refractivity contribution in [1.29, 1.82) is 0 Å². The number of rotatable bonds is 2. The molecule has 0 spiro atoms. The minimum Gasteiger partial charge on any atom is -0.338 e. The molecule has 0 saturated heterocycles. The van der Waals surface area contributed by atoms with Crippen molar-refractivity contribution in [3.63, 3.8) is 0 Å². The molecule has 2 heterocycles. The third kappa shape index (κ3) is 2.32. The van der Waals surface area contributed by atoms with Gasteiger partial charge in [0.25, 0.3) is 5.91 Å². The van der Waals surface area contributed by atoms with Crippen molar-refractivity contribution in [2.75, 3.05) is 11.9 Å². The van der Waals surface area contributed by atoms with Crippen LogP contribution in [0.25, 0.3) is 0 Å². The van der Waals surface area contributed by atoms with Gasteiger partial charge in [-0.3, -0.25) is 10.1 Å². The number of hydrogen-bond donors (Lipinski definition) is 2. The Morgan fingerprint density at radius 1 is 1.35 bits per heavy atom. The van der Waals surface area contributed by atoms with Gasteiger partial charge in [0.15, 0.2) is 0 Å². The Morgan fingerprint density at radius 3 is 2.95 bits per heavy atom. The highest BCUT2D eigenvalue weighted by atomic mass is 16.5. The zero-order chi connectivity index (χ0) is 14.1. The van der Waals surface area contributed by atoms with Crippen LogP contribution in [0.3, 0.4) is 0 Å². The van der Waals surface area contributed by atoms with E-state index in [9.17, 15) is 4.79 Å². The second-order valence-corrected chi connectivity index (χ2v) is 5.09. The maximum absolute atomic E-state index is 12.2. The fourth-order valence-corrected chi connectivity index (χ4v) is 2.33. The molecule has 0 bridgehead atoms. The Bertz CT molecular complexity index is 661. The van der Waals surface area contributed by atoms with Gasteiger partial charge in [-0.05, 0) is 50.1 Å². The maximum atomic E-state index is 12.2. The smallest absolute Gasteiger partial charge is 0.258 e. The Labute approximate surface area is 117 Å². The summed E-state index contributed by atoms with van der Waals surface area (Å²) in [6.07, 6.45) is 1.01. The number of anilines is 1. The van der Waals surface area contributed by atoms with Crippen LogP contribution in [0.4, 0.5) is 5.88 Å². The second kappa shape index (κ2) is 5.09. The highest BCUT2D eigenvalue weighted by Gasteiger charge is 2.15. The Morgan fingerprint density at radius 2 is 2.20 bits per heavy atom. The molecule has 3 rings (SSSR count). The number of hydrogen-bond acceptors (Lipinski definition) is 4. The quantitative estimate of drug-likeness (QED) is 0.878. The van der Waals surface area contributed by atoms with E-state index in [-0.39, 0.29) is 5.91 Å². The average Bonchev–Trinajstić information content (AvgIpc) is 2.78. The standard InChI is InChI=1S/C15H17N3O2/c1-9-10(2)18-20-15(9)17-14(19)12-4-3-11-5-6-16-8-13(11)7-12/h3-4,7,16H,5-6,8H2,1-2H3,(H,17,19). The van der Waals surface area contributed by atoms with Gasteiger partial charge in [-0.2, -0.15) is 0 Å². The van der Waals surface area contributed by atoms with Gasteiger partial charge in [0.2, 0.25) is 5.88 Å². The third-order valence-corrected chi connectivity index (χ3v) is 3.74. The first kappa shape index (κ1) is 12.9. The monoisotopic (exact) mass is 271 g/mol. The maximum Gasteiger partial charge on any atom is 0.258 e. The lowest BCUT2D eigenvalue weighted by Gasteiger charge is -2.17. The molecule has 1 aromatic heterocycles. The lowest BCUT2D eigenvalue weighted by Crippen LogP contribution is -2.24. The number of fused-ring (bicyclic) bond motifs is 1. The van der Waals surface area contributed by atoms with Crippen LogP contribution in [0, 0.1) is 13.8 Å². The van der Waals surface area contributed by atoms with Crippen molar-refractivity contribution in [2.24, 2.45) is 0 Å². The van der Waals surface area contributed by atoms with Crippen LogP contribution in [0.2, 0.25) is 0 Å². The van der Waals surface area contributed by atoms with Crippen LogP contribution in [0.1, 0.15) is 32.7 Å². The zero-order valence-electron chi connectivity index (χ0n) is 11.6. The summed E-state index contributed by atoms with van der Waals surface area (Å²) in [5.74, 6) is 0.251. The number of carbonyl (C=O) groups is 1. The van der Waals surface area contributed by atoms with E-state index in [1.54, 1.807) is 0 Å². The number of carbonyl (C=O) groups excluding carboxylic acids is 1. The Hall–Kier alpha value is -2.14. The lowest BCUT2D eigenvalue weighted by atomic mass is 9.98. The van der Waals surface area contributed by atoms with E-state index >= 15 is 0 Å². The Balaban J connectivity index is 1.82. The van der Waals surface area contributed by atoms with Crippen molar-refractivity contribution in [2.45, 2.75) is 26.8 Å². The van der Waals surface area contributed by atoms with Crippen molar-refractivity contribution in [3.05, 3.63) is 46.1 Å². The number of nitrogens with one attached hydrogen (secondary N) is 2. The summed E-state index contributed by atoms with van der Waals surface area (Å²) in [5.41, 5.74) is 4.79. The minimum absolute atomic E-state index is 0.169. The minimum atomic E-state index is -0.169. The van der Waals surface area contributed by atoms with E-state index in [0.717, 1.165) is 30.8 Å². The van der Waals surface area contributed by atoms with Crippen LogP contribution in [0.15, 0.2) is 22.7 Å². The van der Waals surface area contributed by atoms with Gasteiger partial charge in [-0.15, -0.1) is 0 Å². The molecule has 1 aliphatic heterocycles. The van der Waals surface area contributed by atoms with Crippen LogP contribution >= 0.6 is 0 Å². The van der Waals surface area contributed by atoms with Crippen LogP contribution in [-0.2, 0) is 13.0 Å². The van der Waals surface area contributed by atoms with Crippen molar-refractivity contribution < 1.29 is 9.32 Å². The molecule has 2 N–H and O–H groups in total.